The van der Waals surface area contributed by atoms with Crippen molar-refractivity contribution in [2.45, 2.75) is 24.2 Å². The van der Waals surface area contributed by atoms with Gasteiger partial charge in [0.25, 0.3) is 0 Å². The monoisotopic (exact) mass is 534 g/mol. The van der Waals surface area contributed by atoms with Crippen LogP contribution in [0.1, 0.15) is 19.3 Å². The zero-order valence-electron chi connectivity index (χ0n) is 21.2. The maximum Gasteiger partial charge on any atom is 0.143 e. The van der Waals surface area contributed by atoms with Gasteiger partial charge in [-0.25, -0.2) is 4.39 Å². The van der Waals surface area contributed by atoms with E-state index in [-0.39, 0.29) is 4.90 Å². The lowest BCUT2D eigenvalue weighted by atomic mass is 9.99. The molecule has 0 saturated carbocycles. The lowest BCUT2D eigenvalue weighted by Gasteiger charge is -2.26. The van der Waals surface area contributed by atoms with Gasteiger partial charge in [-0.1, -0.05) is 18.6 Å². The van der Waals surface area contributed by atoms with Crippen LogP contribution in [-0.2, 0) is 11.1 Å². The Morgan fingerprint density at radius 1 is 0.895 bits per heavy atom. The van der Waals surface area contributed by atoms with Crippen LogP contribution < -0.4 is 14.2 Å². The molecule has 1 unspecified atom stereocenters. The summed E-state index contributed by atoms with van der Waals surface area (Å²) in [4.78, 5) is 2.06. The molecule has 0 aromatic heterocycles. The smallest absolute Gasteiger partial charge is 0.143 e. The van der Waals surface area contributed by atoms with Crippen LogP contribution in [-0.4, -0.2) is 47.0 Å². The van der Waals surface area contributed by atoms with Crippen molar-refractivity contribution in [3.63, 3.8) is 0 Å². The van der Waals surface area contributed by atoms with E-state index in [4.69, 9.17) is 14.2 Å². The van der Waals surface area contributed by atoms with E-state index in [1.54, 1.807) is 13.2 Å². The van der Waals surface area contributed by atoms with Crippen molar-refractivity contribution in [1.82, 2.24) is 4.90 Å². The predicted octanol–water partition coefficient (Wildman–Crippen LogP) is 6.55. The molecule has 1 aliphatic rings. The predicted molar refractivity (Wildman–Crippen MR) is 145 cm³/mol. The van der Waals surface area contributed by atoms with Crippen LogP contribution >= 0.6 is 0 Å². The number of hydrogen-bond acceptors (Lipinski definition) is 6. The molecule has 198 valence electrons. The van der Waals surface area contributed by atoms with Gasteiger partial charge in [0.1, 0.15) is 35.4 Å². The van der Waals surface area contributed by atoms with E-state index in [1.807, 2.05) is 54.6 Å². The van der Waals surface area contributed by atoms with Crippen molar-refractivity contribution in [1.29, 1.82) is 0 Å². The number of halogens is 1. The molecule has 0 radical (unpaired) electrons. The van der Waals surface area contributed by atoms with Crippen molar-refractivity contribution in [3.8, 4) is 34.1 Å². The molecule has 0 spiro atoms. The van der Waals surface area contributed by atoms with Crippen LogP contribution in [0.3, 0.4) is 0 Å². The molecule has 1 fully saturated rings. The molecule has 0 bridgehead atoms. The van der Waals surface area contributed by atoms with E-state index >= 15 is 0 Å². The minimum Gasteiger partial charge on any atom is -0.768 e. The average molecular weight is 535 g/mol. The molecule has 1 saturated heterocycles. The van der Waals surface area contributed by atoms with Gasteiger partial charge in [0.2, 0.25) is 0 Å². The van der Waals surface area contributed by atoms with Gasteiger partial charge in [0.05, 0.1) is 12.0 Å². The molecule has 5 rings (SSSR count). The summed E-state index contributed by atoms with van der Waals surface area (Å²) >= 11 is -2.66. The molecular weight excluding hydrogens is 505 g/mol. The number of likely N-dealkylation sites (tertiary alicyclic amines) is 1. The van der Waals surface area contributed by atoms with Crippen LogP contribution in [0, 0.1) is 5.82 Å². The Bertz CT molecular complexity index is 1440. The Morgan fingerprint density at radius 3 is 2.34 bits per heavy atom. The second-order valence-corrected chi connectivity index (χ2v) is 10.1. The molecule has 1 heterocycles. The van der Waals surface area contributed by atoms with Gasteiger partial charge in [-0.2, -0.15) is 0 Å². The highest BCUT2D eigenvalue weighted by molar-refractivity contribution is 7.79. The zero-order valence-corrected chi connectivity index (χ0v) is 22.0. The standard InChI is InChI=1S/C30H30FNO5S/c1-35-25-11-13-27-21(19-25)5-12-26(22-6-14-29(38(33)34)28(31)20-22)30(27)37-24-9-7-23(8-10-24)36-18-17-32-15-3-2-4-16-32/h5-14,19-20H,2-4,15-18H2,1H3,(H,33,34)/p-1. The number of fused-ring (bicyclic) bond motifs is 1. The van der Waals surface area contributed by atoms with Crippen LogP contribution in [0.2, 0.25) is 0 Å². The number of nitrogens with zero attached hydrogens (tertiary/aromatic N) is 1. The molecule has 0 amide bonds. The number of methoxy groups -OCH3 is 1. The fourth-order valence-electron chi connectivity index (χ4n) is 4.74. The number of piperidine rings is 1. The fraction of sp³-hybridized carbons (Fsp3) is 0.267. The number of rotatable bonds is 9. The zero-order chi connectivity index (χ0) is 26.5. The third-order valence-corrected chi connectivity index (χ3v) is 7.46. The van der Waals surface area contributed by atoms with Crippen molar-refractivity contribution >= 4 is 21.9 Å². The van der Waals surface area contributed by atoms with Gasteiger partial charge in [0, 0.05) is 17.5 Å². The quantitative estimate of drug-likeness (QED) is 0.227. The van der Waals surface area contributed by atoms with Gasteiger partial charge in [-0.3, -0.25) is 9.11 Å². The number of ether oxygens (including phenoxy) is 3. The molecule has 4 aromatic rings. The first-order valence-electron chi connectivity index (χ1n) is 12.6. The fourth-order valence-corrected chi connectivity index (χ4v) is 5.14. The third-order valence-electron chi connectivity index (χ3n) is 6.77. The molecule has 1 atom stereocenters. The second-order valence-electron chi connectivity index (χ2n) is 9.23. The minimum atomic E-state index is -2.66. The molecule has 6 nitrogen and oxygen atoms in total. The maximum absolute atomic E-state index is 14.6. The molecule has 38 heavy (non-hydrogen) atoms. The van der Waals surface area contributed by atoms with E-state index in [0.29, 0.717) is 35.0 Å². The Kier molecular flexibility index (Phi) is 8.22. The first-order valence-corrected chi connectivity index (χ1v) is 13.7. The first-order chi connectivity index (χ1) is 18.5. The summed E-state index contributed by atoms with van der Waals surface area (Å²) in [5.74, 6) is 1.77. The Morgan fingerprint density at radius 2 is 1.63 bits per heavy atom. The van der Waals surface area contributed by atoms with Gasteiger partial charge in [0.15, 0.2) is 0 Å². The van der Waals surface area contributed by atoms with Crippen LogP contribution in [0.5, 0.6) is 23.0 Å². The topological polar surface area (TPSA) is 71.1 Å². The van der Waals surface area contributed by atoms with Gasteiger partial charge in [-0.05, 0) is 109 Å². The van der Waals surface area contributed by atoms with E-state index in [0.717, 1.165) is 36.2 Å². The largest absolute Gasteiger partial charge is 0.768 e. The highest BCUT2D eigenvalue weighted by Gasteiger charge is 2.16. The summed E-state index contributed by atoms with van der Waals surface area (Å²) in [6, 6.07) is 20.8. The van der Waals surface area contributed by atoms with E-state index in [2.05, 4.69) is 4.90 Å². The molecular formula is C30H29FNO5S-. The van der Waals surface area contributed by atoms with Gasteiger partial charge in [-0.15, -0.1) is 0 Å². The molecule has 0 N–H and O–H groups in total. The third kappa shape index (κ3) is 5.99. The number of hydrogen-bond donors (Lipinski definition) is 0. The summed E-state index contributed by atoms with van der Waals surface area (Å²) in [6.45, 7) is 3.81. The Balaban J connectivity index is 1.41. The minimum absolute atomic E-state index is 0.377. The maximum atomic E-state index is 14.6. The Labute approximate surface area is 224 Å². The van der Waals surface area contributed by atoms with Crippen molar-refractivity contribution < 1.29 is 27.4 Å². The summed E-state index contributed by atoms with van der Waals surface area (Å²) in [6.07, 6.45) is 3.82. The molecule has 0 aliphatic carbocycles. The van der Waals surface area contributed by atoms with E-state index in [1.165, 1.54) is 31.4 Å². The van der Waals surface area contributed by atoms with Gasteiger partial charge < -0.3 is 18.8 Å². The summed E-state index contributed by atoms with van der Waals surface area (Å²) in [7, 11) is 1.60. The van der Waals surface area contributed by atoms with Crippen LogP contribution in [0.4, 0.5) is 4.39 Å². The lowest BCUT2D eigenvalue weighted by Crippen LogP contribution is -2.33. The van der Waals surface area contributed by atoms with Crippen molar-refractivity contribution in [2.24, 2.45) is 0 Å². The van der Waals surface area contributed by atoms with Crippen LogP contribution in [0.15, 0.2) is 77.7 Å². The normalized spacial score (nSPS) is 14.8. The Hall–Kier alpha value is -3.46. The van der Waals surface area contributed by atoms with Gasteiger partial charge >= 0.3 is 0 Å². The molecule has 8 heteroatoms. The number of benzene rings is 4. The summed E-state index contributed by atoms with van der Waals surface area (Å²) < 4.78 is 54.8. The highest BCUT2D eigenvalue weighted by Crippen LogP contribution is 2.41. The van der Waals surface area contributed by atoms with Crippen LogP contribution in [0.25, 0.3) is 21.9 Å². The van der Waals surface area contributed by atoms with Crippen molar-refractivity contribution in [3.05, 3.63) is 78.6 Å². The SMILES string of the molecule is COc1ccc2c(Oc3ccc(OCCN4CCCCC4)cc3)c(-c3ccc(S(=O)[O-])c(F)c3)ccc2c1. The van der Waals surface area contributed by atoms with E-state index in [9.17, 15) is 13.2 Å². The van der Waals surface area contributed by atoms with E-state index < -0.39 is 16.9 Å². The summed E-state index contributed by atoms with van der Waals surface area (Å²) in [5.41, 5.74) is 1.13. The van der Waals surface area contributed by atoms with Crippen molar-refractivity contribution in [2.75, 3.05) is 33.4 Å². The molecule has 1 aliphatic heterocycles. The lowest BCUT2D eigenvalue weighted by molar-refractivity contribution is 0.183. The highest BCUT2D eigenvalue weighted by atomic mass is 32.2. The molecule has 4 aromatic carbocycles. The summed E-state index contributed by atoms with van der Waals surface area (Å²) in [5, 5.41) is 1.69. The second kappa shape index (κ2) is 11.9. The first kappa shape index (κ1) is 26.2. The average Bonchev–Trinajstić information content (AvgIpc) is 2.94.